The highest BCUT2D eigenvalue weighted by Gasteiger charge is 2.09. The van der Waals surface area contributed by atoms with Gasteiger partial charge in [-0.25, -0.2) is 0 Å². The third-order valence-corrected chi connectivity index (χ3v) is 4.33. The van der Waals surface area contributed by atoms with Crippen molar-refractivity contribution in [2.24, 2.45) is 5.92 Å². The van der Waals surface area contributed by atoms with Crippen LogP contribution in [-0.4, -0.2) is 36.0 Å². The fraction of sp³-hybridized carbons (Fsp3) is 0.773. The smallest absolute Gasteiger partial charge is 0.305 e. The maximum absolute atomic E-state index is 11.5. The second kappa shape index (κ2) is 20.2. The Morgan fingerprint density at radius 2 is 1.42 bits per heavy atom. The van der Waals surface area contributed by atoms with Gasteiger partial charge in [-0.1, -0.05) is 63.3 Å². The first kappa shape index (κ1) is 24.9. The average Bonchev–Trinajstić information content (AvgIpc) is 2.65. The number of rotatable bonds is 18. The monoisotopic (exact) mass is 368 g/mol. The zero-order valence-electron chi connectivity index (χ0n) is 16.7. The number of hydrogen-bond donors (Lipinski definition) is 2. The highest BCUT2D eigenvalue weighted by Crippen LogP contribution is 2.09. The van der Waals surface area contributed by atoms with E-state index in [1.165, 1.54) is 38.5 Å². The minimum Gasteiger partial charge on any atom is -0.465 e. The van der Waals surface area contributed by atoms with Gasteiger partial charge in [0.05, 0.1) is 19.8 Å². The van der Waals surface area contributed by atoms with Gasteiger partial charge in [-0.05, 0) is 38.5 Å². The van der Waals surface area contributed by atoms with E-state index in [1.54, 1.807) is 0 Å². The predicted octanol–water partition coefficient (Wildman–Crippen LogP) is 4.94. The van der Waals surface area contributed by atoms with Crippen LogP contribution in [0.15, 0.2) is 24.3 Å². The zero-order chi connectivity index (χ0) is 19.3. The maximum Gasteiger partial charge on any atom is 0.305 e. The molecule has 0 aliphatic carbocycles. The SMILES string of the molecule is CCCCCC=CCC=CCCCCCCCC(=O)OCC(CO)CO. The van der Waals surface area contributed by atoms with Gasteiger partial charge in [-0.2, -0.15) is 0 Å². The van der Waals surface area contributed by atoms with Crippen molar-refractivity contribution in [3.05, 3.63) is 24.3 Å². The van der Waals surface area contributed by atoms with Crippen LogP contribution in [0.3, 0.4) is 0 Å². The van der Waals surface area contributed by atoms with Crippen LogP contribution >= 0.6 is 0 Å². The van der Waals surface area contributed by atoms with Crippen LogP contribution in [-0.2, 0) is 9.53 Å². The minimum absolute atomic E-state index is 0.103. The Labute approximate surface area is 160 Å². The first-order valence-corrected chi connectivity index (χ1v) is 10.4. The molecule has 0 aromatic rings. The molecule has 0 aliphatic rings. The van der Waals surface area contributed by atoms with Crippen molar-refractivity contribution in [1.82, 2.24) is 0 Å². The largest absolute Gasteiger partial charge is 0.465 e. The summed E-state index contributed by atoms with van der Waals surface area (Å²) in [7, 11) is 0. The normalized spacial score (nSPS) is 11.8. The Hall–Kier alpha value is -1.13. The number of unbranched alkanes of at least 4 members (excludes halogenated alkanes) is 8. The van der Waals surface area contributed by atoms with Crippen molar-refractivity contribution in [3.63, 3.8) is 0 Å². The highest BCUT2D eigenvalue weighted by atomic mass is 16.5. The van der Waals surface area contributed by atoms with Gasteiger partial charge >= 0.3 is 5.97 Å². The summed E-state index contributed by atoms with van der Waals surface area (Å²) < 4.78 is 5.03. The maximum atomic E-state index is 11.5. The summed E-state index contributed by atoms with van der Waals surface area (Å²) in [6.45, 7) is 2.02. The summed E-state index contributed by atoms with van der Waals surface area (Å²) in [4.78, 5) is 11.5. The van der Waals surface area contributed by atoms with Crippen LogP contribution in [0.4, 0.5) is 0 Å². The van der Waals surface area contributed by atoms with Crippen molar-refractivity contribution < 1.29 is 19.7 Å². The first-order chi connectivity index (χ1) is 12.7. The van der Waals surface area contributed by atoms with E-state index in [2.05, 4.69) is 31.2 Å². The molecule has 0 unspecified atom stereocenters. The third-order valence-electron chi connectivity index (χ3n) is 4.33. The molecule has 0 bridgehead atoms. The van der Waals surface area contributed by atoms with E-state index in [1.807, 2.05) is 0 Å². The number of carbonyl (C=O) groups is 1. The van der Waals surface area contributed by atoms with E-state index >= 15 is 0 Å². The van der Waals surface area contributed by atoms with Crippen LogP contribution < -0.4 is 0 Å². The van der Waals surface area contributed by atoms with Crippen LogP contribution in [0.25, 0.3) is 0 Å². The summed E-state index contributed by atoms with van der Waals surface area (Å²) in [5.41, 5.74) is 0. The van der Waals surface area contributed by atoms with Crippen LogP contribution in [0.2, 0.25) is 0 Å². The van der Waals surface area contributed by atoms with E-state index in [-0.39, 0.29) is 31.7 Å². The number of hydrogen-bond acceptors (Lipinski definition) is 4. The summed E-state index contributed by atoms with van der Waals surface area (Å²) in [6.07, 6.45) is 22.2. The second-order valence-electron chi connectivity index (χ2n) is 6.89. The van der Waals surface area contributed by atoms with Crippen LogP contribution in [0.1, 0.15) is 84.0 Å². The van der Waals surface area contributed by atoms with E-state index in [4.69, 9.17) is 14.9 Å². The lowest BCUT2D eigenvalue weighted by atomic mass is 10.1. The number of esters is 1. The van der Waals surface area contributed by atoms with Gasteiger partial charge in [0.1, 0.15) is 0 Å². The second-order valence-corrected chi connectivity index (χ2v) is 6.89. The van der Waals surface area contributed by atoms with E-state index in [0.29, 0.717) is 6.42 Å². The first-order valence-electron chi connectivity index (χ1n) is 10.4. The Balaban J connectivity index is 3.35. The average molecular weight is 369 g/mol. The van der Waals surface area contributed by atoms with Crippen LogP contribution in [0.5, 0.6) is 0 Å². The molecule has 0 aliphatic heterocycles. The van der Waals surface area contributed by atoms with E-state index < -0.39 is 0 Å². The zero-order valence-corrected chi connectivity index (χ0v) is 16.7. The fourth-order valence-electron chi connectivity index (χ4n) is 2.53. The number of aliphatic hydroxyl groups excluding tert-OH is 2. The van der Waals surface area contributed by atoms with Gasteiger partial charge in [0, 0.05) is 12.3 Å². The minimum atomic E-state index is -0.358. The number of aliphatic hydroxyl groups is 2. The highest BCUT2D eigenvalue weighted by molar-refractivity contribution is 5.69. The molecule has 0 saturated heterocycles. The summed E-state index contributed by atoms with van der Waals surface area (Å²) in [5.74, 6) is -0.592. The molecule has 0 radical (unpaired) electrons. The van der Waals surface area contributed by atoms with Gasteiger partial charge in [0.15, 0.2) is 0 Å². The van der Waals surface area contributed by atoms with Crippen molar-refractivity contribution >= 4 is 5.97 Å². The van der Waals surface area contributed by atoms with Crippen molar-refractivity contribution in [2.75, 3.05) is 19.8 Å². The standard InChI is InChI=1S/C22H40O4/c1-2-3-4-5-6-7-8-9-10-11-12-13-14-15-16-17-22(25)26-20-21(18-23)19-24/h6-7,9-10,21,23-24H,2-5,8,11-20H2,1H3. The van der Waals surface area contributed by atoms with Crippen LogP contribution in [0, 0.1) is 5.92 Å². The molecule has 0 fully saturated rings. The van der Waals surface area contributed by atoms with Crippen molar-refractivity contribution in [2.45, 2.75) is 84.0 Å². The molecule has 4 heteroatoms. The number of ether oxygens (including phenoxy) is 1. The number of carbonyl (C=O) groups excluding carboxylic acids is 1. The van der Waals surface area contributed by atoms with Gasteiger partial charge in [0.25, 0.3) is 0 Å². The van der Waals surface area contributed by atoms with Gasteiger partial charge in [-0.15, -0.1) is 0 Å². The molecule has 0 spiro atoms. The summed E-state index contributed by atoms with van der Waals surface area (Å²) in [6, 6.07) is 0. The lowest BCUT2D eigenvalue weighted by Gasteiger charge is -2.11. The molecule has 0 heterocycles. The Morgan fingerprint density at radius 1 is 0.846 bits per heavy atom. The molecule has 2 N–H and O–H groups in total. The summed E-state index contributed by atoms with van der Waals surface area (Å²) in [5, 5.41) is 17.8. The van der Waals surface area contributed by atoms with Crippen molar-refractivity contribution in [1.29, 1.82) is 0 Å². The Morgan fingerprint density at radius 3 is 2.04 bits per heavy atom. The molecule has 0 amide bonds. The van der Waals surface area contributed by atoms with E-state index in [9.17, 15) is 4.79 Å². The molecular weight excluding hydrogens is 328 g/mol. The van der Waals surface area contributed by atoms with Crippen molar-refractivity contribution in [3.8, 4) is 0 Å². The lowest BCUT2D eigenvalue weighted by molar-refractivity contribution is -0.146. The van der Waals surface area contributed by atoms with E-state index in [0.717, 1.165) is 32.1 Å². The molecular formula is C22H40O4. The lowest BCUT2D eigenvalue weighted by Crippen LogP contribution is -2.20. The Bertz CT molecular complexity index is 359. The molecule has 26 heavy (non-hydrogen) atoms. The molecule has 0 saturated carbocycles. The summed E-state index contributed by atoms with van der Waals surface area (Å²) >= 11 is 0. The molecule has 0 aromatic carbocycles. The predicted molar refractivity (Wildman–Crippen MR) is 108 cm³/mol. The number of allylic oxidation sites excluding steroid dienone is 4. The third kappa shape index (κ3) is 17.7. The molecule has 4 nitrogen and oxygen atoms in total. The van der Waals surface area contributed by atoms with Gasteiger partial charge in [0.2, 0.25) is 0 Å². The molecule has 152 valence electrons. The fourth-order valence-corrected chi connectivity index (χ4v) is 2.53. The molecule has 0 aromatic heterocycles. The van der Waals surface area contributed by atoms with Gasteiger partial charge < -0.3 is 14.9 Å². The van der Waals surface area contributed by atoms with Gasteiger partial charge in [-0.3, -0.25) is 4.79 Å². The quantitative estimate of drug-likeness (QED) is 0.204. The molecule has 0 rings (SSSR count). The molecule has 0 atom stereocenters. The topological polar surface area (TPSA) is 66.8 Å². The Kier molecular flexibility index (Phi) is 19.3.